The van der Waals surface area contributed by atoms with E-state index in [4.69, 9.17) is 10.7 Å². The number of hydrogen-bond acceptors (Lipinski definition) is 4. The molecular formula is C18H25N5O. The summed E-state index contributed by atoms with van der Waals surface area (Å²) in [5.74, 6) is 2.43. The highest BCUT2D eigenvalue weighted by atomic mass is 16.2. The van der Waals surface area contributed by atoms with Crippen LogP contribution < -0.4 is 10.6 Å². The number of benzene rings is 1. The van der Waals surface area contributed by atoms with Crippen LogP contribution in [-0.4, -0.2) is 34.0 Å². The fourth-order valence-electron chi connectivity index (χ4n) is 3.18. The summed E-state index contributed by atoms with van der Waals surface area (Å²) in [6.07, 6.45) is 0. The lowest BCUT2D eigenvalue weighted by Gasteiger charge is -2.30. The van der Waals surface area contributed by atoms with Gasteiger partial charge in [0.15, 0.2) is 5.82 Å². The molecule has 6 nitrogen and oxygen atoms in total. The van der Waals surface area contributed by atoms with E-state index < -0.39 is 0 Å². The number of anilines is 3. The maximum atomic E-state index is 11.8. The summed E-state index contributed by atoms with van der Waals surface area (Å²) >= 11 is 0. The minimum absolute atomic E-state index is 0.106. The van der Waals surface area contributed by atoms with Gasteiger partial charge < -0.3 is 20.1 Å². The van der Waals surface area contributed by atoms with Gasteiger partial charge in [-0.1, -0.05) is 13.8 Å². The molecule has 2 aromatic rings. The second-order valence-electron chi connectivity index (χ2n) is 6.64. The van der Waals surface area contributed by atoms with Gasteiger partial charge in [-0.15, -0.1) is 0 Å². The van der Waals surface area contributed by atoms with Crippen LogP contribution in [0.1, 0.15) is 38.2 Å². The third-order valence-corrected chi connectivity index (χ3v) is 4.57. The molecule has 0 bridgehead atoms. The Morgan fingerprint density at radius 2 is 1.92 bits per heavy atom. The molecule has 0 saturated heterocycles. The van der Waals surface area contributed by atoms with Crippen LogP contribution in [0, 0.1) is 0 Å². The Morgan fingerprint density at radius 1 is 1.25 bits per heavy atom. The number of nitrogen functional groups attached to an aromatic ring is 1. The number of carbonyl (C=O) groups excluding carboxylic acids is 1. The molecule has 0 saturated carbocycles. The Balaban J connectivity index is 2.04. The molecule has 1 aromatic carbocycles. The minimum Gasteiger partial charge on any atom is -0.399 e. The van der Waals surface area contributed by atoms with Crippen molar-refractivity contribution in [2.75, 3.05) is 24.2 Å². The normalized spacial score (nSPS) is 14.0. The molecule has 1 aromatic heterocycles. The number of rotatable bonds is 3. The smallest absolute Gasteiger partial charge is 0.219 e. The Hall–Kier alpha value is -2.50. The van der Waals surface area contributed by atoms with E-state index in [1.54, 1.807) is 6.92 Å². The number of fused-ring (bicyclic) bond motifs is 1. The number of nitrogens with zero attached hydrogens (tertiary/aromatic N) is 4. The van der Waals surface area contributed by atoms with E-state index in [9.17, 15) is 4.79 Å². The summed E-state index contributed by atoms with van der Waals surface area (Å²) in [5, 5.41) is 0. The van der Waals surface area contributed by atoms with Crippen LogP contribution >= 0.6 is 0 Å². The van der Waals surface area contributed by atoms with Crippen molar-refractivity contribution in [1.82, 2.24) is 14.5 Å². The number of aromatic nitrogens is 2. The van der Waals surface area contributed by atoms with Crippen molar-refractivity contribution >= 4 is 23.1 Å². The summed E-state index contributed by atoms with van der Waals surface area (Å²) in [6, 6.07) is 7.75. The lowest BCUT2D eigenvalue weighted by Crippen LogP contribution is -2.37. The molecule has 0 aliphatic carbocycles. The zero-order valence-corrected chi connectivity index (χ0v) is 14.8. The van der Waals surface area contributed by atoms with Gasteiger partial charge in [0.05, 0.1) is 12.2 Å². The Morgan fingerprint density at radius 3 is 2.50 bits per heavy atom. The standard InChI is InChI=1S/C18H25N5O/c1-12(2)17-20-18(21(4)15-7-5-14(19)6-8-15)16-11-22(13(3)24)9-10-23(16)17/h5-8,12H,9-11,19H2,1-4H3. The predicted octanol–water partition coefficient (Wildman–Crippen LogP) is 2.72. The van der Waals surface area contributed by atoms with Gasteiger partial charge in [0, 0.05) is 44.4 Å². The first-order valence-corrected chi connectivity index (χ1v) is 8.32. The van der Waals surface area contributed by atoms with Crippen molar-refractivity contribution in [1.29, 1.82) is 0 Å². The Kier molecular flexibility index (Phi) is 4.22. The highest BCUT2D eigenvalue weighted by molar-refractivity contribution is 5.74. The molecule has 0 fully saturated rings. The number of nitrogens with two attached hydrogens (primary N) is 1. The molecule has 2 heterocycles. The van der Waals surface area contributed by atoms with Gasteiger partial charge in [0.1, 0.15) is 5.82 Å². The summed E-state index contributed by atoms with van der Waals surface area (Å²) in [7, 11) is 2.01. The van der Waals surface area contributed by atoms with E-state index in [2.05, 4.69) is 23.3 Å². The molecule has 1 amide bonds. The molecule has 6 heteroatoms. The Labute approximate surface area is 142 Å². The van der Waals surface area contributed by atoms with Gasteiger partial charge in [-0.3, -0.25) is 4.79 Å². The largest absolute Gasteiger partial charge is 0.399 e. The molecule has 1 aliphatic rings. The second-order valence-corrected chi connectivity index (χ2v) is 6.64. The molecule has 2 N–H and O–H groups in total. The summed E-state index contributed by atoms with van der Waals surface area (Å²) in [4.78, 5) is 20.7. The van der Waals surface area contributed by atoms with Crippen LogP contribution in [0.3, 0.4) is 0 Å². The van der Waals surface area contributed by atoms with Crippen LogP contribution in [0.15, 0.2) is 24.3 Å². The van der Waals surface area contributed by atoms with E-state index >= 15 is 0 Å². The molecule has 128 valence electrons. The molecule has 0 unspecified atom stereocenters. The van der Waals surface area contributed by atoms with Gasteiger partial charge in [0.25, 0.3) is 0 Å². The molecule has 0 spiro atoms. The topological polar surface area (TPSA) is 67.4 Å². The minimum atomic E-state index is 0.106. The van der Waals surface area contributed by atoms with Crippen LogP contribution in [0.5, 0.6) is 0 Å². The number of hydrogen-bond donors (Lipinski definition) is 1. The molecule has 1 aliphatic heterocycles. The fourth-order valence-corrected chi connectivity index (χ4v) is 3.18. The van der Waals surface area contributed by atoms with Crippen molar-refractivity contribution in [3.8, 4) is 0 Å². The predicted molar refractivity (Wildman–Crippen MR) is 96.3 cm³/mol. The highest BCUT2D eigenvalue weighted by Crippen LogP contribution is 2.32. The van der Waals surface area contributed by atoms with E-state index in [1.165, 1.54) is 0 Å². The lowest BCUT2D eigenvalue weighted by molar-refractivity contribution is -0.130. The van der Waals surface area contributed by atoms with E-state index in [0.29, 0.717) is 12.5 Å². The summed E-state index contributed by atoms with van der Waals surface area (Å²) in [6.45, 7) is 8.07. The van der Waals surface area contributed by atoms with Crippen molar-refractivity contribution < 1.29 is 4.79 Å². The van der Waals surface area contributed by atoms with Crippen molar-refractivity contribution in [2.45, 2.75) is 39.8 Å². The van der Waals surface area contributed by atoms with Crippen molar-refractivity contribution in [2.24, 2.45) is 0 Å². The molecule has 24 heavy (non-hydrogen) atoms. The monoisotopic (exact) mass is 327 g/mol. The average molecular weight is 327 g/mol. The average Bonchev–Trinajstić information content (AvgIpc) is 2.93. The van der Waals surface area contributed by atoms with E-state index in [-0.39, 0.29) is 5.91 Å². The van der Waals surface area contributed by atoms with Crippen molar-refractivity contribution in [3.05, 3.63) is 35.8 Å². The first-order chi connectivity index (χ1) is 11.4. The van der Waals surface area contributed by atoms with Crippen molar-refractivity contribution in [3.63, 3.8) is 0 Å². The zero-order chi connectivity index (χ0) is 17.4. The quantitative estimate of drug-likeness (QED) is 0.880. The van der Waals surface area contributed by atoms with Gasteiger partial charge in [-0.25, -0.2) is 4.98 Å². The van der Waals surface area contributed by atoms with Crippen LogP contribution in [-0.2, 0) is 17.9 Å². The van der Waals surface area contributed by atoms with Crippen LogP contribution in [0.2, 0.25) is 0 Å². The van der Waals surface area contributed by atoms with Crippen LogP contribution in [0.4, 0.5) is 17.2 Å². The summed E-state index contributed by atoms with van der Waals surface area (Å²) < 4.78 is 2.27. The van der Waals surface area contributed by atoms with Crippen LogP contribution in [0.25, 0.3) is 0 Å². The molecule has 3 rings (SSSR count). The first kappa shape index (κ1) is 16.4. The first-order valence-electron chi connectivity index (χ1n) is 8.32. The molecule has 0 radical (unpaired) electrons. The molecular weight excluding hydrogens is 302 g/mol. The molecule has 0 atom stereocenters. The van der Waals surface area contributed by atoms with Gasteiger partial charge in [-0.05, 0) is 24.3 Å². The number of carbonyl (C=O) groups is 1. The number of imidazole rings is 1. The number of amides is 1. The van der Waals surface area contributed by atoms with E-state index in [1.807, 2.05) is 36.2 Å². The zero-order valence-electron chi connectivity index (χ0n) is 14.8. The lowest BCUT2D eigenvalue weighted by atomic mass is 10.2. The van der Waals surface area contributed by atoms with Gasteiger partial charge in [0.2, 0.25) is 5.91 Å². The SMILES string of the molecule is CC(=O)N1CCn2c(C(C)C)nc(N(C)c3ccc(N)cc3)c2C1. The highest BCUT2D eigenvalue weighted by Gasteiger charge is 2.28. The van der Waals surface area contributed by atoms with E-state index in [0.717, 1.165) is 41.8 Å². The third-order valence-electron chi connectivity index (χ3n) is 4.57. The third kappa shape index (κ3) is 2.84. The summed E-state index contributed by atoms with van der Waals surface area (Å²) in [5.41, 5.74) is 8.65. The fraction of sp³-hybridized carbons (Fsp3) is 0.444. The Bertz CT molecular complexity index is 748. The second kappa shape index (κ2) is 6.19. The maximum absolute atomic E-state index is 11.8. The maximum Gasteiger partial charge on any atom is 0.219 e. The van der Waals surface area contributed by atoms with Gasteiger partial charge >= 0.3 is 0 Å². The van der Waals surface area contributed by atoms with Gasteiger partial charge in [-0.2, -0.15) is 0 Å².